The lowest BCUT2D eigenvalue weighted by atomic mass is 10.1. The molecule has 0 fully saturated rings. The average Bonchev–Trinajstić information content (AvgIpc) is 3.08. The second kappa shape index (κ2) is 8.71. The molecule has 0 aliphatic carbocycles. The highest BCUT2D eigenvalue weighted by Gasteiger charge is 2.16. The number of carbonyl (C=O) groups is 2. The molecule has 5 nitrogen and oxygen atoms in total. The molecule has 0 saturated carbocycles. The highest BCUT2D eigenvalue weighted by atomic mass is 32.1. The number of methoxy groups -OCH3 is 1. The molecular weight excluding hydrogens is 376 g/mol. The Kier molecular flexibility index (Phi) is 6.11. The average molecular weight is 396 g/mol. The fraction of sp³-hybridized carbons (Fsp3) is 0.182. The first kappa shape index (κ1) is 19.6. The van der Waals surface area contributed by atoms with Gasteiger partial charge in [-0.3, -0.25) is 0 Å². The summed E-state index contributed by atoms with van der Waals surface area (Å²) in [6.45, 7) is 7.16. The lowest BCUT2D eigenvalue weighted by molar-refractivity contribution is -0.137. The van der Waals surface area contributed by atoms with Crippen molar-refractivity contribution in [1.29, 1.82) is 0 Å². The predicted molar refractivity (Wildman–Crippen MR) is 111 cm³/mol. The van der Waals surface area contributed by atoms with Gasteiger partial charge < -0.3 is 14.2 Å². The van der Waals surface area contributed by atoms with Gasteiger partial charge in [-0.1, -0.05) is 25.3 Å². The van der Waals surface area contributed by atoms with Crippen LogP contribution < -0.4 is 9.47 Å². The topological polar surface area (TPSA) is 61.8 Å². The number of rotatable bonds is 8. The number of carbonyl (C=O) groups excluding carboxylic acids is 2. The van der Waals surface area contributed by atoms with E-state index in [1.54, 1.807) is 24.5 Å². The summed E-state index contributed by atoms with van der Waals surface area (Å²) in [5, 5.41) is 2.16. The smallest absolute Gasteiger partial charge is 0.335 e. The predicted octanol–water partition coefficient (Wildman–Crippen LogP) is 4.82. The van der Waals surface area contributed by atoms with Gasteiger partial charge in [0.2, 0.25) is 0 Å². The van der Waals surface area contributed by atoms with Gasteiger partial charge in [0.05, 0.1) is 18.4 Å². The van der Waals surface area contributed by atoms with Crippen LogP contribution in [-0.4, -0.2) is 25.7 Å². The first-order chi connectivity index (χ1) is 13.6. The molecule has 0 aliphatic rings. The third-order valence-electron chi connectivity index (χ3n) is 4.23. The number of fused-ring (bicyclic) bond motifs is 3. The Morgan fingerprint density at radius 3 is 2.54 bits per heavy atom. The van der Waals surface area contributed by atoms with Gasteiger partial charge in [0.1, 0.15) is 0 Å². The monoisotopic (exact) mass is 396 g/mol. The molecule has 3 rings (SSSR count). The van der Waals surface area contributed by atoms with E-state index < -0.39 is 11.9 Å². The molecule has 0 bridgehead atoms. The minimum atomic E-state index is -0.529. The number of aryl methyl sites for hydroxylation is 1. The third kappa shape index (κ3) is 4.07. The molecule has 0 N–H and O–H groups in total. The van der Waals surface area contributed by atoms with Crippen molar-refractivity contribution in [2.45, 2.75) is 12.8 Å². The van der Waals surface area contributed by atoms with Gasteiger partial charge in [0, 0.05) is 27.6 Å². The summed E-state index contributed by atoms with van der Waals surface area (Å²) in [5.41, 5.74) is 1.16. The van der Waals surface area contributed by atoms with E-state index in [-0.39, 0.29) is 0 Å². The van der Waals surface area contributed by atoms with Gasteiger partial charge in [0.15, 0.2) is 11.5 Å². The van der Waals surface area contributed by atoms with Gasteiger partial charge in [0.25, 0.3) is 0 Å². The summed E-state index contributed by atoms with van der Waals surface area (Å²) < 4.78 is 17.8. The van der Waals surface area contributed by atoms with Gasteiger partial charge in [-0.25, -0.2) is 9.59 Å². The van der Waals surface area contributed by atoms with Crippen molar-refractivity contribution in [3.63, 3.8) is 0 Å². The number of hydrogen-bond donors (Lipinski definition) is 0. The first-order valence-electron chi connectivity index (χ1n) is 8.73. The molecule has 0 radical (unpaired) electrons. The minimum Gasteiger partial charge on any atom is -0.491 e. The summed E-state index contributed by atoms with van der Waals surface area (Å²) in [7, 11) is 1.56. The number of thiophene rings is 1. The van der Waals surface area contributed by atoms with Gasteiger partial charge in [-0.2, -0.15) is 0 Å². The Morgan fingerprint density at radius 2 is 1.82 bits per heavy atom. The molecule has 0 saturated heterocycles. The molecule has 1 heterocycles. The van der Waals surface area contributed by atoms with Crippen molar-refractivity contribution in [1.82, 2.24) is 0 Å². The Morgan fingerprint density at radius 1 is 1.07 bits per heavy atom. The molecule has 0 aliphatic heterocycles. The van der Waals surface area contributed by atoms with E-state index >= 15 is 0 Å². The molecule has 0 spiro atoms. The Labute approximate surface area is 166 Å². The molecular formula is C22H20O5S. The van der Waals surface area contributed by atoms with E-state index in [0.29, 0.717) is 18.1 Å². The minimum absolute atomic E-state index is 0.362. The molecule has 0 atom stereocenters. The van der Waals surface area contributed by atoms with Crippen LogP contribution in [0.3, 0.4) is 0 Å². The van der Waals surface area contributed by atoms with E-state index in [1.165, 1.54) is 0 Å². The maximum Gasteiger partial charge on any atom is 0.335 e. The van der Waals surface area contributed by atoms with Crippen LogP contribution in [0.2, 0.25) is 0 Å². The van der Waals surface area contributed by atoms with Crippen LogP contribution in [0.1, 0.15) is 12.0 Å². The van der Waals surface area contributed by atoms with Crippen molar-refractivity contribution >= 4 is 43.4 Å². The van der Waals surface area contributed by atoms with Crippen molar-refractivity contribution in [2.24, 2.45) is 0 Å². The van der Waals surface area contributed by atoms with Gasteiger partial charge in [-0.05, 0) is 36.6 Å². The largest absolute Gasteiger partial charge is 0.491 e. The quantitative estimate of drug-likeness (QED) is 0.236. The number of benzene rings is 2. The molecule has 0 amide bonds. The lowest BCUT2D eigenvalue weighted by Crippen LogP contribution is -2.04. The van der Waals surface area contributed by atoms with Crippen LogP contribution in [0.5, 0.6) is 11.5 Å². The lowest BCUT2D eigenvalue weighted by Gasteiger charge is -2.08. The molecule has 0 unspecified atom stereocenters. The zero-order valence-corrected chi connectivity index (χ0v) is 16.3. The van der Waals surface area contributed by atoms with Gasteiger partial charge >= 0.3 is 11.9 Å². The van der Waals surface area contributed by atoms with E-state index in [1.807, 2.05) is 6.07 Å². The number of hydrogen-bond acceptors (Lipinski definition) is 6. The fourth-order valence-electron chi connectivity index (χ4n) is 2.93. The third-order valence-corrected chi connectivity index (χ3v) is 5.39. The Hall–Kier alpha value is -3.12. The SMILES string of the molecule is C=CC(=O)OCCCc1ccc2c(c1)sc1c(OC)c(OC(=O)C=C)ccc12. The zero-order chi connectivity index (χ0) is 20.1. The molecule has 3 aromatic rings. The molecule has 28 heavy (non-hydrogen) atoms. The normalized spacial score (nSPS) is 10.6. The number of ether oxygens (including phenoxy) is 3. The molecule has 1 aromatic heterocycles. The van der Waals surface area contributed by atoms with Crippen molar-refractivity contribution in [2.75, 3.05) is 13.7 Å². The van der Waals surface area contributed by atoms with Crippen molar-refractivity contribution in [3.8, 4) is 11.5 Å². The van der Waals surface area contributed by atoms with Crippen molar-refractivity contribution < 1.29 is 23.8 Å². The highest BCUT2D eigenvalue weighted by molar-refractivity contribution is 7.26. The van der Waals surface area contributed by atoms with E-state index in [0.717, 1.165) is 50.7 Å². The van der Waals surface area contributed by atoms with Crippen LogP contribution >= 0.6 is 11.3 Å². The standard InChI is InChI=1S/C22H20O5S/c1-4-19(23)26-12-6-7-14-8-9-15-16-10-11-17(27-20(24)5-2)21(25-3)22(16)28-18(15)13-14/h4-5,8-11,13H,1-2,6-7,12H2,3H3. The molecule has 6 heteroatoms. The Balaban J connectivity index is 1.88. The summed E-state index contributed by atoms with van der Waals surface area (Å²) >= 11 is 1.58. The summed E-state index contributed by atoms with van der Waals surface area (Å²) in [5.74, 6) is -0.0271. The van der Waals surface area contributed by atoms with Crippen LogP contribution in [-0.2, 0) is 20.7 Å². The van der Waals surface area contributed by atoms with Crippen LogP contribution in [0.4, 0.5) is 0 Å². The van der Waals surface area contributed by atoms with Gasteiger partial charge in [-0.15, -0.1) is 11.3 Å². The van der Waals surface area contributed by atoms with Crippen LogP contribution in [0.15, 0.2) is 55.6 Å². The van der Waals surface area contributed by atoms with E-state index in [2.05, 4.69) is 31.4 Å². The fourth-order valence-corrected chi connectivity index (χ4v) is 4.21. The maximum absolute atomic E-state index is 11.6. The van der Waals surface area contributed by atoms with Crippen molar-refractivity contribution in [3.05, 3.63) is 61.2 Å². The molecule has 144 valence electrons. The summed E-state index contributed by atoms with van der Waals surface area (Å²) in [4.78, 5) is 22.6. The summed E-state index contributed by atoms with van der Waals surface area (Å²) in [6, 6.07) is 9.94. The molecule has 2 aromatic carbocycles. The highest BCUT2D eigenvalue weighted by Crippen LogP contribution is 2.44. The number of esters is 2. The maximum atomic E-state index is 11.6. The first-order valence-corrected chi connectivity index (χ1v) is 9.54. The second-order valence-electron chi connectivity index (χ2n) is 6.01. The van der Waals surface area contributed by atoms with E-state index in [4.69, 9.17) is 14.2 Å². The Bertz CT molecular complexity index is 1060. The zero-order valence-electron chi connectivity index (χ0n) is 15.5. The summed E-state index contributed by atoms with van der Waals surface area (Å²) in [6.07, 6.45) is 3.82. The van der Waals surface area contributed by atoms with E-state index in [9.17, 15) is 9.59 Å². The second-order valence-corrected chi connectivity index (χ2v) is 7.06. The van der Waals surface area contributed by atoms with Crippen LogP contribution in [0.25, 0.3) is 20.2 Å². The van der Waals surface area contributed by atoms with Crippen LogP contribution in [0, 0.1) is 0 Å².